The van der Waals surface area contributed by atoms with Crippen molar-refractivity contribution >= 4 is 23.3 Å². The first-order chi connectivity index (χ1) is 16.1. The predicted molar refractivity (Wildman–Crippen MR) is 129 cm³/mol. The fraction of sp³-hybridized carbons (Fsp3) is 0.462. The molecule has 0 bridgehead atoms. The van der Waals surface area contributed by atoms with Crippen molar-refractivity contribution in [2.24, 2.45) is 5.92 Å². The van der Waals surface area contributed by atoms with Crippen LogP contribution >= 0.6 is 0 Å². The van der Waals surface area contributed by atoms with Gasteiger partial charge in [0, 0.05) is 24.3 Å². The summed E-state index contributed by atoms with van der Waals surface area (Å²) in [5, 5.41) is 5.63. The second-order valence-corrected chi connectivity index (χ2v) is 8.68. The summed E-state index contributed by atoms with van der Waals surface area (Å²) in [6.07, 6.45) is 7.03. The molecular weight excluding hydrogens is 418 g/mol. The lowest BCUT2D eigenvalue weighted by molar-refractivity contribution is 0.0388. The van der Waals surface area contributed by atoms with E-state index >= 15 is 0 Å². The van der Waals surface area contributed by atoms with Crippen LogP contribution in [0.1, 0.15) is 55.8 Å². The van der Waals surface area contributed by atoms with Gasteiger partial charge in [0.1, 0.15) is 11.5 Å². The first-order valence-corrected chi connectivity index (χ1v) is 11.9. The molecular formula is C26H33N3O4. The fourth-order valence-corrected chi connectivity index (χ4v) is 5.11. The molecule has 7 heteroatoms. The van der Waals surface area contributed by atoms with Gasteiger partial charge in [-0.25, -0.2) is 4.79 Å². The van der Waals surface area contributed by atoms with Crippen molar-refractivity contribution in [2.45, 2.75) is 51.5 Å². The van der Waals surface area contributed by atoms with Crippen molar-refractivity contribution < 1.29 is 19.1 Å². The molecule has 1 saturated heterocycles. The Morgan fingerprint density at radius 3 is 2.61 bits per heavy atom. The number of carbonyl (C=O) groups excluding carboxylic acids is 2. The molecule has 2 N–H and O–H groups in total. The van der Waals surface area contributed by atoms with Crippen LogP contribution in [0.2, 0.25) is 0 Å². The molecule has 2 aromatic rings. The summed E-state index contributed by atoms with van der Waals surface area (Å²) in [6, 6.07) is 12.4. The number of amides is 3. The maximum atomic E-state index is 13.4. The minimum Gasteiger partial charge on any atom is -0.496 e. The lowest BCUT2D eigenvalue weighted by atomic mass is 9.78. The maximum Gasteiger partial charge on any atom is 0.323 e. The number of para-hydroxylation sites is 2. The number of fused-ring (bicyclic) bond motifs is 1. The van der Waals surface area contributed by atoms with Gasteiger partial charge in [-0.3, -0.25) is 4.79 Å². The third-order valence-corrected chi connectivity index (χ3v) is 6.63. The minimum atomic E-state index is -0.399. The van der Waals surface area contributed by atoms with Crippen LogP contribution in [0, 0.1) is 5.92 Å². The first kappa shape index (κ1) is 23.0. The zero-order chi connectivity index (χ0) is 23.2. The van der Waals surface area contributed by atoms with Crippen molar-refractivity contribution in [1.82, 2.24) is 4.90 Å². The third kappa shape index (κ3) is 5.24. The van der Waals surface area contributed by atoms with E-state index in [9.17, 15) is 9.59 Å². The Morgan fingerprint density at radius 2 is 1.79 bits per heavy atom. The van der Waals surface area contributed by atoms with E-state index < -0.39 is 6.03 Å². The van der Waals surface area contributed by atoms with Gasteiger partial charge in [-0.1, -0.05) is 25.0 Å². The van der Waals surface area contributed by atoms with Crippen LogP contribution in [0.15, 0.2) is 42.5 Å². The van der Waals surface area contributed by atoms with Gasteiger partial charge in [0.25, 0.3) is 5.91 Å². The van der Waals surface area contributed by atoms with Gasteiger partial charge in [0.05, 0.1) is 25.0 Å². The Bertz CT molecular complexity index is 991. The zero-order valence-corrected chi connectivity index (χ0v) is 19.4. The molecule has 2 aliphatic rings. The maximum absolute atomic E-state index is 13.4. The normalized spacial score (nSPS) is 19.9. The van der Waals surface area contributed by atoms with Gasteiger partial charge < -0.3 is 25.0 Å². The van der Waals surface area contributed by atoms with E-state index in [0.29, 0.717) is 47.0 Å². The molecule has 2 atom stereocenters. The summed E-state index contributed by atoms with van der Waals surface area (Å²) in [6.45, 7) is 3.20. The van der Waals surface area contributed by atoms with Crippen LogP contribution in [-0.2, 0) is 0 Å². The number of anilines is 2. The third-order valence-electron chi connectivity index (χ3n) is 6.63. The molecule has 2 fully saturated rings. The second kappa shape index (κ2) is 10.6. The summed E-state index contributed by atoms with van der Waals surface area (Å²) in [5.74, 6) is 1.71. The summed E-state index contributed by atoms with van der Waals surface area (Å²) in [4.78, 5) is 28.1. The number of nitrogens with one attached hydrogen (secondary N) is 2. The molecule has 0 spiro atoms. The van der Waals surface area contributed by atoms with Crippen LogP contribution in [0.4, 0.5) is 16.2 Å². The Balaban J connectivity index is 1.46. The number of nitrogens with zero attached hydrogens (tertiary/aromatic N) is 1. The average Bonchev–Trinajstić information content (AvgIpc) is 2.84. The van der Waals surface area contributed by atoms with Crippen molar-refractivity contribution in [3.05, 3.63) is 48.0 Å². The lowest BCUT2D eigenvalue weighted by Crippen LogP contribution is -2.49. The molecule has 3 amide bonds. The highest BCUT2D eigenvalue weighted by molar-refractivity contribution is 6.02. The van der Waals surface area contributed by atoms with Crippen molar-refractivity contribution in [2.75, 3.05) is 30.9 Å². The van der Waals surface area contributed by atoms with E-state index in [-0.39, 0.29) is 5.91 Å². The number of benzene rings is 2. The zero-order valence-electron chi connectivity index (χ0n) is 19.4. The van der Waals surface area contributed by atoms with E-state index in [1.165, 1.54) is 25.7 Å². The molecule has 1 aliphatic heterocycles. The van der Waals surface area contributed by atoms with Crippen LogP contribution in [0.25, 0.3) is 0 Å². The van der Waals surface area contributed by atoms with Gasteiger partial charge >= 0.3 is 6.03 Å². The quantitative estimate of drug-likeness (QED) is 0.605. The summed E-state index contributed by atoms with van der Waals surface area (Å²) in [7, 11) is 1.55. The molecule has 33 heavy (non-hydrogen) atoms. The molecule has 2 aromatic carbocycles. The average molecular weight is 452 g/mol. The van der Waals surface area contributed by atoms with Crippen LogP contribution in [-0.4, -0.2) is 43.1 Å². The van der Waals surface area contributed by atoms with Crippen LogP contribution < -0.4 is 20.1 Å². The van der Waals surface area contributed by atoms with E-state index in [1.807, 2.05) is 19.1 Å². The van der Waals surface area contributed by atoms with Gasteiger partial charge in [-0.05, 0) is 62.8 Å². The number of likely N-dealkylation sites (tertiary alicyclic amines) is 1. The minimum absolute atomic E-state index is 0.0186. The molecule has 1 heterocycles. The molecule has 7 nitrogen and oxygen atoms in total. The smallest absolute Gasteiger partial charge is 0.323 e. The molecule has 176 valence electrons. The number of rotatable bonds is 6. The number of hydrogen-bond donors (Lipinski definition) is 2. The summed E-state index contributed by atoms with van der Waals surface area (Å²) >= 11 is 0. The van der Waals surface area contributed by atoms with E-state index in [4.69, 9.17) is 9.47 Å². The Morgan fingerprint density at radius 1 is 1.00 bits per heavy atom. The SMILES string of the molecule is CCOc1ccccc1NC(=O)Nc1ccc(C(=O)N2CCCC3CCCCC32)c(OC)c1. The molecule has 1 saturated carbocycles. The number of urea groups is 1. The monoisotopic (exact) mass is 451 g/mol. The van der Waals surface area contributed by atoms with Crippen molar-refractivity contribution in [1.29, 1.82) is 0 Å². The molecule has 4 rings (SSSR count). The topological polar surface area (TPSA) is 79.9 Å². The highest BCUT2D eigenvalue weighted by Crippen LogP contribution is 2.37. The summed E-state index contributed by atoms with van der Waals surface area (Å²) < 4.78 is 11.1. The molecule has 1 aliphatic carbocycles. The number of hydrogen-bond acceptors (Lipinski definition) is 4. The van der Waals surface area contributed by atoms with Crippen molar-refractivity contribution in [3.8, 4) is 11.5 Å². The number of carbonyl (C=O) groups is 2. The fourth-order valence-electron chi connectivity index (χ4n) is 5.11. The second-order valence-electron chi connectivity index (χ2n) is 8.68. The molecule has 2 unspecified atom stereocenters. The van der Waals surface area contributed by atoms with Gasteiger partial charge in [0.2, 0.25) is 0 Å². The number of piperidine rings is 1. The number of ether oxygens (including phenoxy) is 2. The Hall–Kier alpha value is -3.22. The largest absolute Gasteiger partial charge is 0.496 e. The van der Waals surface area contributed by atoms with Crippen molar-refractivity contribution in [3.63, 3.8) is 0 Å². The Labute approximate surface area is 195 Å². The summed E-state index contributed by atoms with van der Waals surface area (Å²) in [5.41, 5.74) is 1.67. The predicted octanol–water partition coefficient (Wildman–Crippen LogP) is 5.53. The van der Waals surface area contributed by atoms with E-state index in [0.717, 1.165) is 19.4 Å². The molecule has 0 radical (unpaired) electrons. The standard InChI is InChI=1S/C26H33N3O4/c1-3-33-23-13-7-5-11-21(23)28-26(31)27-19-14-15-20(24(17-19)32-2)25(30)29-16-8-10-18-9-4-6-12-22(18)29/h5,7,11,13-15,17-18,22H,3-4,6,8-10,12,16H2,1-2H3,(H2,27,28,31). The molecule has 0 aromatic heterocycles. The van der Waals surface area contributed by atoms with Gasteiger partial charge in [0.15, 0.2) is 0 Å². The van der Waals surface area contributed by atoms with E-state index in [1.54, 1.807) is 37.4 Å². The van der Waals surface area contributed by atoms with E-state index in [2.05, 4.69) is 15.5 Å². The Kier molecular flexibility index (Phi) is 7.37. The van der Waals surface area contributed by atoms with Gasteiger partial charge in [-0.15, -0.1) is 0 Å². The first-order valence-electron chi connectivity index (χ1n) is 11.9. The highest BCUT2D eigenvalue weighted by atomic mass is 16.5. The lowest BCUT2D eigenvalue weighted by Gasteiger charge is -2.44. The van der Waals surface area contributed by atoms with Crippen LogP contribution in [0.5, 0.6) is 11.5 Å². The van der Waals surface area contributed by atoms with Gasteiger partial charge in [-0.2, -0.15) is 0 Å². The highest BCUT2D eigenvalue weighted by Gasteiger charge is 2.36. The number of methoxy groups -OCH3 is 1. The van der Waals surface area contributed by atoms with Crippen LogP contribution in [0.3, 0.4) is 0 Å².